The quantitative estimate of drug-likeness (QED) is 0.0262. The molecule has 0 saturated carbocycles. The van der Waals surface area contributed by atoms with E-state index in [0.29, 0.717) is 19.3 Å². The maximum absolute atomic E-state index is 12.8. The molecule has 1 atom stereocenters. The lowest BCUT2D eigenvalue weighted by Crippen LogP contribution is -2.30. The minimum atomic E-state index is -0.770. The van der Waals surface area contributed by atoms with Gasteiger partial charge in [0.25, 0.3) is 0 Å². The topological polar surface area (TPSA) is 78.9 Å². The highest BCUT2D eigenvalue weighted by atomic mass is 16.6. The molecular weight excluding hydrogens is 817 g/mol. The number of hydrogen-bond acceptors (Lipinski definition) is 6. The predicted molar refractivity (Wildman–Crippen MR) is 284 cm³/mol. The van der Waals surface area contributed by atoms with Crippen LogP contribution >= 0.6 is 0 Å². The van der Waals surface area contributed by atoms with Crippen LogP contribution < -0.4 is 0 Å². The maximum Gasteiger partial charge on any atom is 0.306 e. The molecule has 0 aromatic rings. The fourth-order valence-electron chi connectivity index (χ4n) is 8.71. The van der Waals surface area contributed by atoms with Crippen LogP contribution in [0.15, 0.2) is 24.3 Å². The van der Waals surface area contributed by atoms with E-state index in [4.69, 9.17) is 14.2 Å². The molecule has 0 aromatic heterocycles. The average Bonchev–Trinajstić information content (AvgIpc) is 3.31. The number of ether oxygens (including phenoxy) is 3. The third-order valence-corrected chi connectivity index (χ3v) is 13.2. The molecule has 0 spiro atoms. The van der Waals surface area contributed by atoms with Crippen LogP contribution in [-0.2, 0) is 28.6 Å². The molecule has 0 aliphatic carbocycles. The SMILES string of the molecule is CCCC/C=C\CCCCCCCC(=O)OCC(COC(=O)CCCCCCCCCCCCC/C=C\CCCCCCCCCC)OC(=O)CCCCCCCCCCCCCCCC. The lowest BCUT2D eigenvalue weighted by Gasteiger charge is -2.18. The predicted octanol–water partition coefficient (Wildman–Crippen LogP) is 19.5. The molecule has 0 aromatic carbocycles. The number of unbranched alkanes of at least 4 members (excludes halogenated alkanes) is 39. The van der Waals surface area contributed by atoms with Crippen LogP contribution in [0.25, 0.3) is 0 Å². The molecule has 6 nitrogen and oxygen atoms in total. The van der Waals surface area contributed by atoms with Crippen molar-refractivity contribution in [3.05, 3.63) is 24.3 Å². The zero-order chi connectivity index (χ0) is 47.9. The maximum atomic E-state index is 12.8. The van der Waals surface area contributed by atoms with Crippen LogP contribution in [0.2, 0.25) is 0 Å². The summed E-state index contributed by atoms with van der Waals surface area (Å²) in [5.41, 5.74) is 0. The molecule has 0 heterocycles. The Balaban J connectivity index is 4.22. The van der Waals surface area contributed by atoms with E-state index in [2.05, 4.69) is 45.1 Å². The van der Waals surface area contributed by atoms with Crippen molar-refractivity contribution in [2.45, 2.75) is 329 Å². The van der Waals surface area contributed by atoms with Crippen LogP contribution in [0, 0.1) is 0 Å². The van der Waals surface area contributed by atoms with Gasteiger partial charge in [-0.2, -0.15) is 0 Å². The molecule has 1 unspecified atom stereocenters. The summed E-state index contributed by atoms with van der Waals surface area (Å²) in [5.74, 6) is -0.862. The molecule has 0 N–H and O–H groups in total. The molecular formula is C60H112O6. The minimum absolute atomic E-state index is 0.0699. The third-order valence-electron chi connectivity index (χ3n) is 13.2. The van der Waals surface area contributed by atoms with Crippen molar-refractivity contribution in [2.24, 2.45) is 0 Å². The molecule has 6 heteroatoms. The molecule has 388 valence electrons. The third kappa shape index (κ3) is 52.9. The van der Waals surface area contributed by atoms with Crippen LogP contribution in [0.1, 0.15) is 323 Å². The van der Waals surface area contributed by atoms with Gasteiger partial charge in [-0.25, -0.2) is 0 Å². The Kier molecular flexibility index (Phi) is 53.7. The van der Waals surface area contributed by atoms with Crippen LogP contribution in [-0.4, -0.2) is 37.2 Å². The first-order chi connectivity index (χ1) is 32.5. The summed E-state index contributed by atoms with van der Waals surface area (Å²) in [6.45, 7) is 6.64. The average molecular weight is 930 g/mol. The fourth-order valence-corrected chi connectivity index (χ4v) is 8.71. The van der Waals surface area contributed by atoms with Crippen molar-refractivity contribution in [2.75, 3.05) is 13.2 Å². The first-order valence-corrected chi connectivity index (χ1v) is 29.3. The fraction of sp³-hybridized carbons (Fsp3) is 0.883. The second-order valence-electron chi connectivity index (χ2n) is 19.9. The Bertz CT molecular complexity index is 1070. The minimum Gasteiger partial charge on any atom is -0.462 e. The van der Waals surface area contributed by atoms with E-state index in [0.717, 1.165) is 64.2 Å². The van der Waals surface area contributed by atoms with E-state index in [1.54, 1.807) is 0 Å². The zero-order valence-electron chi connectivity index (χ0n) is 44.5. The van der Waals surface area contributed by atoms with Gasteiger partial charge in [0.05, 0.1) is 0 Å². The standard InChI is InChI=1S/C60H112O6/c1-4-7-10-13-16-19-22-24-26-27-28-29-30-31-32-33-34-36-38-41-44-47-50-53-59(62)65-56-57(55-64-58(61)52-49-46-43-40-37-21-18-15-12-9-6-3)66-60(63)54-51-48-45-42-39-35-25-23-20-17-14-11-8-5-2/h15,18,27-28,57H,4-14,16-17,19-26,29-56H2,1-3H3/b18-15-,28-27-. The number of carbonyl (C=O) groups is 3. The van der Waals surface area contributed by atoms with E-state index >= 15 is 0 Å². The summed E-state index contributed by atoms with van der Waals surface area (Å²) >= 11 is 0. The van der Waals surface area contributed by atoms with Crippen molar-refractivity contribution >= 4 is 17.9 Å². The van der Waals surface area contributed by atoms with Gasteiger partial charge < -0.3 is 14.2 Å². The normalized spacial score (nSPS) is 12.1. The smallest absolute Gasteiger partial charge is 0.306 e. The van der Waals surface area contributed by atoms with Gasteiger partial charge in [0.2, 0.25) is 0 Å². The van der Waals surface area contributed by atoms with Crippen LogP contribution in [0.5, 0.6) is 0 Å². The van der Waals surface area contributed by atoms with Gasteiger partial charge in [0.1, 0.15) is 13.2 Å². The monoisotopic (exact) mass is 929 g/mol. The molecule has 66 heavy (non-hydrogen) atoms. The Hall–Kier alpha value is -2.11. The lowest BCUT2D eigenvalue weighted by atomic mass is 10.0. The highest BCUT2D eigenvalue weighted by Gasteiger charge is 2.19. The van der Waals surface area contributed by atoms with Gasteiger partial charge in [0.15, 0.2) is 6.10 Å². The number of hydrogen-bond donors (Lipinski definition) is 0. The van der Waals surface area contributed by atoms with E-state index in [-0.39, 0.29) is 31.1 Å². The van der Waals surface area contributed by atoms with E-state index in [1.807, 2.05) is 0 Å². The second-order valence-corrected chi connectivity index (χ2v) is 19.9. The summed E-state index contributed by atoms with van der Waals surface area (Å²) in [5, 5.41) is 0. The molecule has 0 aliphatic rings. The summed E-state index contributed by atoms with van der Waals surface area (Å²) in [4.78, 5) is 38.1. The number of rotatable bonds is 54. The van der Waals surface area contributed by atoms with Crippen molar-refractivity contribution < 1.29 is 28.6 Å². The van der Waals surface area contributed by atoms with Gasteiger partial charge in [-0.05, 0) is 64.2 Å². The Morgan fingerprint density at radius 1 is 0.288 bits per heavy atom. The molecule has 0 aliphatic heterocycles. The molecule has 0 fully saturated rings. The van der Waals surface area contributed by atoms with E-state index in [1.165, 1.54) is 218 Å². The lowest BCUT2D eigenvalue weighted by molar-refractivity contribution is -0.167. The van der Waals surface area contributed by atoms with Crippen molar-refractivity contribution in [3.63, 3.8) is 0 Å². The summed E-state index contributed by atoms with van der Waals surface area (Å²) < 4.78 is 16.8. The Morgan fingerprint density at radius 3 is 0.803 bits per heavy atom. The highest BCUT2D eigenvalue weighted by molar-refractivity contribution is 5.71. The van der Waals surface area contributed by atoms with Crippen molar-refractivity contribution in [1.82, 2.24) is 0 Å². The summed E-state index contributed by atoms with van der Waals surface area (Å²) in [7, 11) is 0. The van der Waals surface area contributed by atoms with Crippen molar-refractivity contribution in [1.29, 1.82) is 0 Å². The largest absolute Gasteiger partial charge is 0.462 e. The van der Waals surface area contributed by atoms with Crippen LogP contribution in [0.3, 0.4) is 0 Å². The van der Waals surface area contributed by atoms with Crippen molar-refractivity contribution in [3.8, 4) is 0 Å². The zero-order valence-corrected chi connectivity index (χ0v) is 44.5. The number of carbonyl (C=O) groups excluding carboxylic acids is 3. The van der Waals surface area contributed by atoms with Gasteiger partial charge in [-0.3, -0.25) is 14.4 Å². The van der Waals surface area contributed by atoms with Crippen LogP contribution in [0.4, 0.5) is 0 Å². The Morgan fingerprint density at radius 2 is 0.515 bits per heavy atom. The highest BCUT2D eigenvalue weighted by Crippen LogP contribution is 2.17. The molecule has 0 radical (unpaired) electrons. The number of allylic oxidation sites excluding steroid dienone is 4. The first-order valence-electron chi connectivity index (χ1n) is 29.3. The second kappa shape index (κ2) is 55.5. The molecule has 0 bridgehead atoms. The van der Waals surface area contributed by atoms with Gasteiger partial charge in [-0.15, -0.1) is 0 Å². The number of esters is 3. The summed E-state index contributed by atoms with van der Waals surface area (Å²) in [6, 6.07) is 0. The van der Waals surface area contributed by atoms with E-state index in [9.17, 15) is 14.4 Å². The summed E-state index contributed by atoms with van der Waals surface area (Å²) in [6.07, 6.45) is 64.6. The van der Waals surface area contributed by atoms with Gasteiger partial charge in [0, 0.05) is 19.3 Å². The first kappa shape index (κ1) is 63.9. The molecule has 0 saturated heterocycles. The Labute approximate surface area is 411 Å². The van der Waals surface area contributed by atoms with E-state index < -0.39 is 6.10 Å². The van der Waals surface area contributed by atoms with Gasteiger partial charge in [-0.1, -0.05) is 263 Å². The molecule has 0 amide bonds. The van der Waals surface area contributed by atoms with Gasteiger partial charge >= 0.3 is 17.9 Å². The molecule has 0 rings (SSSR count).